The fraction of sp³-hybridized carbons (Fsp3) is 0.533. The molecule has 1 saturated carbocycles. The molecule has 0 amide bonds. The van der Waals surface area contributed by atoms with Crippen molar-refractivity contribution in [3.05, 3.63) is 28.0 Å². The summed E-state index contributed by atoms with van der Waals surface area (Å²) >= 11 is 3.18. The predicted octanol–water partition coefficient (Wildman–Crippen LogP) is 2.99. The number of nitrogens with zero attached hydrogens (tertiary/aromatic N) is 3. The van der Waals surface area contributed by atoms with Crippen molar-refractivity contribution in [2.45, 2.75) is 12.8 Å². The van der Waals surface area contributed by atoms with E-state index in [0.29, 0.717) is 11.3 Å². The van der Waals surface area contributed by atoms with Gasteiger partial charge in [0.25, 0.3) is 0 Å². The zero-order valence-corrected chi connectivity index (χ0v) is 12.9. The molecule has 0 radical (unpaired) electrons. The molecule has 2 aliphatic rings. The van der Waals surface area contributed by atoms with E-state index in [1.165, 1.54) is 19.4 Å². The number of benzene rings is 1. The molecule has 1 aromatic rings. The van der Waals surface area contributed by atoms with E-state index in [0.717, 1.165) is 32.1 Å². The maximum absolute atomic E-state index is 14.3. The summed E-state index contributed by atoms with van der Waals surface area (Å²) in [5.41, 5.74) is 0.945. The van der Waals surface area contributed by atoms with Crippen LogP contribution in [-0.2, 0) is 0 Å². The van der Waals surface area contributed by atoms with Crippen molar-refractivity contribution in [3.8, 4) is 6.07 Å². The summed E-state index contributed by atoms with van der Waals surface area (Å²) < 4.78 is 14.6. The zero-order chi connectivity index (χ0) is 14.1. The highest BCUT2D eigenvalue weighted by molar-refractivity contribution is 9.10. The third-order valence-corrected chi connectivity index (χ3v) is 4.88. The molecule has 106 valence electrons. The summed E-state index contributed by atoms with van der Waals surface area (Å²) in [4.78, 5) is 4.55. The smallest absolute Gasteiger partial charge is 0.161 e. The number of halogens is 2. The van der Waals surface area contributed by atoms with Crippen molar-refractivity contribution >= 4 is 21.6 Å². The third kappa shape index (κ3) is 2.82. The Balaban J connectivity index is 1.68. The van der Waals surface area contributed by atoms with Crippen LogP contribution in [0.25, 0.3) is 0 Å². The largest absolute Gasteiger partial charge is 0.367 e. The van der Waals surface area contributed by atoms with E-state index in [-0.39, 0.29) is 10.3 Å². The lowest BCUT2D eigenvalue weighted by Gasteiger charge is -2.36. The Kier molecular flexibility index (Phi) is 3.95. The first-order valence-electron chi connectivity index (χ1n) is 7.04. The van der Waals surface area contributed by atoms with Gasteiger partial charge in [-0.05, 0) is 46.8 Å². The van der Waals surface area contributed by atoms with Crippen molar-refractivity contribution < 1.29 is 4.39 Å². The third-order valence-electron chi connectivity index (χ3n) is 4.11. The molecule has 1 saturated heterocycles. The SMILES string of the molecule is N#Cc1ccc(N2CCN(CC3CC3)CC2)c(F)c1Br. The van der Waals surface area contributed by atoms with E-state index < -0.39 is 0 Å². The summed E-state index contributed by atoms with van der Waals surface area (Å²) in [6, 6.07) is 5.39. The maximum Gasteiger partial charge on any atom is 0.161 e. The Bertz CT molecular complexity index is 543. The average Bonchev–Trinajstić information content (AvgIpc) is 3.27. The highest BCUT2D eigenvalue weighted by Gasteiger charge is 2.27. The monoisotopic (exact) mass is 337 g/mol. The van der Waals surface area contributed by atoms with Gasteiger partial charge < -0.3 is 4.90 Å². The molecule has 0 atom stereocenters. The lowest BCUT2D eigenvalue weighted by Crippen LogP contribution is -2.47. The van der Waals surface area contributed by atoms with Crippen molar-refractivity contribution in [3.63, 3.8) is 0 Å². The molecule has 1 heterocycles. The average molecular weight is 338 g/mol. The fourth-order valence-electron chi connectivity index (χ4n) is 2.71. The van der Waals surface area contributed by atoms with Gasteiger partial charge in [-0.25, -0.2) is 4.39 Å². The Hall–Kier alpha value is -1.12. The van der Waals surface area contributed by atoms with Crippen LogP contribution < -0.4 is 4.90 Å². The fourth-order valence-corrected chi connectivity index (χ4v) is 3.13. The van der Waals surface area contributed by atoms with E-state index in [1.807, 2.05) is 6.07 Å². The summed E-state index contributed by atoms with van der Waals surface area (Å²) in [7, 11) is 0. The second kappa shape index (κ2) is 5.71. The number of rotatable bonds is 3. The minimum atomic E-state index is -0.320. The van der Waals surface area contributed by atoms with Crippen LogP contribution in [0.1, 0.15) is 18.4 Å². The molecule has 5 heteroatoms. The van der Waals surface area contributed by atoms with Crippen LogP contribution in [0.5, 0.6) is 0 Å². The molecule has 20 heavy (non-hydrogen) atoms. The molecule has 1 aliphatic carbocycles. The zero-order valence-electron chi connectivity index (χ0n) is 11.3. The van der Waals surface area contributed by atoms with Gasteiger partial charge in [0.1, 0.15) is 6.07 Å². The highest BCUT2D eigenvalue weighted by atomic mass is 79.9. The lowest BCUT2D eigenvalue weighted by molar-refractivity contribution is 0.247. The molecule has 0 aromatic heterocycles. The number of nitriles is 1. The minimum Gasteiger partial charge on any atom is -0.367 e. The first-order chi connectivity index (χ1) is 9.69. The number of hydrogen-bond acceptors (Lipinski definition) is 3. The Morgan fingerprint density at radius 2 is 1.95 bits per heavy atom. The minimum absolute atomic E-state index is 0.276. The van der Waals surface area contributed by atoms with Gasteiger partial charge in [0.2, 0.25) is 0 Å². The predicted molar refractivity (Wildman–Crippen MR) is 80.2 cm³/mol. The Labute approximate surface area is 127 Å². The van der Waals surface area contributed by atoms with Gasteiger partial charge in [-0.15, -0.1) is 0 Å². The Morgan fingerprint density at radius 1 is 1.25 bits per heavy atom. The van der Waals surface area contributed by atoms with Crippen LogP contribution in [0.3, 0.4) is 0 Å². The number of anilines is 1. The summed E-state index contributed by atoms with van der Waals surface area (Å²) in [5.74, 6) is 0.585. The molecule has 3 rings (SSSR count). The van der Waals surface area contributed by atoms with Crippen LogP contribution in [0.15, 0.2) is 16.6 Å². The van der Waals surface area contributed by atoms with Crippen molar-refractivity contribution in [2.24, 2.45) is 5.92 Å². The number of hydrogen-bond donors (Lipinski definition) is 0. The topological polar surface area (TPSA) is 30.3 Å². The number of piperazine rings is 1. The molecular formula is C15H17BrFN3. The van der Waals surface area contributed by atoms with E-state index >= 15 is 0 Å². The highest BCUT2D eigenvalue weighted by Crippen LogP contribution is 2.32. The van der Waals surface area contributed by atoms with Gasteiger partial charge in [-0.1, -0.05) is 0 Å². The molecule has 1 aromatic carbocycles. The first kappa shape index (κ1) is 13.8. The molecule has 2 fully saturated rings. The van der Waals surface area contributed by atoms with Crippen molar-refractivity contribution in [2.75, 3.05) is 37.6 Å². The van der Waals surface area contributed by atoms with E-state index in [4.69, 9.17) is 5.26 Å². The molecule has 0 bridgehead atoms. The van der Waals surface area contributed by atoms with Crippen molar-refractivity contribution in [1.82, 2.24) is 4.90 Å². The van der Waals surface area contributed by atoms with E-state index in [9.17, 15) is 4.39 Å². The molecule has 1 aliphatic heterocycles. The van der Waals surface area contributed by atoms with Gasteiger partial charge in [0.15, 0.2) is 5.82 Å². The van der Waals surface area contributed by atoms with Crippen LogP contribution >= 0.6 is 15.9 Å². The molecule has 0 N–H and O–H groups in total. The first-order valence-corrected chi connectivity index (χ1v) is 7.83. The molecule has 0 spiro atoms. The standard InChI is InChI=1S/C15H17BrFN3/c16-14-12(9-18)3-4-13(15(14)17)20-7-5-19(6-8-20)10-11-1-2-11/h3-4,11H,1-2,5-8,10H2. The second-order valence-corrected chi connectivity index (χ2v) is 6.40. The maximum atomic E-state index is 14.3. The quantitative estimate of drug-likeness (QED) is 0.849. The summed E-state index contributed by atoms with van der Waals surface area (Å²) in [6.45, 7) is 4.89. The van der Waals surface area contributed by atoms with E-state index in [1.54, 1.807) is 12.1 Å². The summed E-state index contributed by atoms with van der Waals surface area (Å²) in [5, 5.41) is 8.90. The van der Waals surface area contributed by atoms with E-state index in [2.05, 4.69) is 25.7 Å². The van der Waals surface area contributed by atoms with Gasteiger partial charge in [0.05, 0.1) is 15.7 Å². The summed E-state index contributed by atoms with van der Waals surface area (Å²) in [6.07, 6.45) is 2.74. The normalized spacial score (nSPS) is 19.9. The van der Waals surface area contributed by atoms with Gasteiger partial charge in [-0.2, -0.15) is 5.26 Å². The molecular weight excluding hydrogens is 321 g/mol. The van der Waals surface area contributed by atoms with Crippen LogP contribution in [0, 0.1) is 23.1 Å². The van der Waals surface area contributed by atoms with Gasteiger partial charge in [-0.3, -0.25) is 4.90 Å². The van der Waals surface area contributed by atoms with Gasteiger partial charge >= 0.3 is 0 Å². The second-order valence-electron chi connectivity index (χ2n) is 5.60. The molecule has 0 unspecified atom stereocenters. The van der Waals surface area contributed by atoms with Crippen LogP contribution in [0.4, 0.5) is 10.1 Å². The van der Waals surface area contributed by atoms with Crippen molar-refractivity contribution in [1.29, 1.82) is 5.26 Å². The lowest BCUT2D eigenvalue weighted by atomic mass is 10.1. The van der Waals surface area contributed by atoms with Crippen LogP contribution in [0.2, 0.25) is 0 Å². The Morgan fingerprint density at radius 3 is 2.55 bits per heavy atom. The van der Waals surface area contributed by atoms with Gasteiger partial charge in [0, 0.05) is 32.7 Å². The van der Waals surface area contributed by atoms with Crippen LogP contribution in [-0.4, -0.2) is 37.6 Å². The molecule has 3 nitrogen and oxygen atoms in total.